The van der Waals surface area contributed by atoms with Crippen LogP contribution in [0.4, 0.5) is 5.13 Å². The van der Waals surface area contributed by atoms with Gasteiger partial charge in [-0.25, -0.2) is 4.98 Å². The molecule has 0 aliphatic heterocycles. The molecule has 0 aliphatic carbocycles. The molecule has 1 N–H and O–H groups in total. The van der Waals surface area contributed by atoms with E-state index in [0.29, 0.717) is 18.1 Å². The van der Waals surface area contributed by atoms with E-state index in [4.69, 9.17) is 15.9 Å². The molecule has 0 aliphatic rings. The highest BCUT2D eigenvalue weighted by Crippen LogP contribution is 2.33. The molecule has 0 fully saturated rings. The van der Waals surface area contributed by atoms with Crippen molar-refractivity contribution in [3.05, 3.63) is 33.2 Å². The van der Waals surface area contributed by atoms with E-state index in [1.807, 2.05) is 31.4 Å². The van der Waals surface area contributed by atoms with Crippen LogP contribution in [0.3, 0.4) is 0 Å². The monoisotopic (exact) mass is 393 g/mol. The van der Waals surface area contributed by atoms with Gasteiger partial charge in [0.25, 0.3) is 0 Å². The minimum Gasteiger partial charge on any atom is -0.490 e. The Hall–Kier alpha value is -2.04. The van der Waals surface area contributed by atoms with E-state index in [1.54, 1.807) is 6.21 Å². The maximum Gasteiger partial charge on any atom is 0.203 e. The molecule has 0 saturated carbocycles. The van der Waals surface area contributed by atoms with Crippen LogP contribution in [0.25, 0.3) is 0 Å². The molecule has 0 bridgehead atoms. The van der Waals surface area contributed by atoms with E-state index in [0.717, 1.165) is 20.9 Å². The van der Waals surface area contributed by atoms with Crippen molar-refractivity contribution >= 4 is 38.6 Å². The third kappa shape index (κ3) is 4.98. The van der Waals surface area contributed by atoms with Crippen LogP contribution in [0.2, 0.25) is 0 Å². The summed E-state index contributed by atoms with van der Waals surface area (Å²) in [5.41, 5.74) is 4.71. The zero-order chi connectivity index (χ0) is 16.7. The third-order valence-corrected chi connectivity index (χ3v) is 4.21. The van der Waals surface area contributed by atoms with Crippen LogP contribution in [-0.4, -0.2) is 24.4 Å². The van der Waals surface area contributed by atoms with E-state index in [1.165, 1.54) is 11.3 Å². The zero-order valence-corrected chi connectivity index (χ0v) is 15.2. The second kappa shape index (κ2) is 8.56. The number of hydrogen-bond donors (Lipinski definition) is 1. The number of rotatable bonds is 7. The van der Waals surface area contributed by atoms with Gasteiger partial charge in [0.2, 0.25) is 5.13 Å². The average molecular weight is 394 g/mol. The van der Waals surface area contributed by atoms with E-state index in [2.05, 4.69) is 37.4 Å². The second-order valence-electron chi connectivity index (χ2n) is 4.41. The minimum absolute atomic E-state index is 0.185. The number of thiazole rings is 1. The van der Waals surface area contributed by atoms with Crippen LogP contribution < -0.4 is 14.9 Å². The lowest BCUT2D eigenvalue weighted by molar-refractivity contribution is 0.299. The third-order valence-electron chi connectivity index (χ3n) is 2.66. The number of aromatic nitrogens is 1. The molecule has 23 heavy (non-hydrogen) atoms. The van der Waals surface area contributed by atoms with Crippen molar-refractivity contribution in [1.29, 1.82) is 0 Å². The molecule has 0 saturated heterocycles. The molecule has 5 nitrogen and oxygen atoms in total. The summed E-state index contributed by atoms with van der Waals surface area (Å²) in [5, 5.41) is 6.89. The van der Waals surface area contributed by atoms with Crippen LogP contribution in [-0.2, 0) is 0 Å². The molecule has 2 aromatic rings. The number of hydrogen-bond acceptors (Lipinski definition) is 6. The number of anilines is 1. The Morgan fingerprint density at radius 1 is 1.43 bits per heavy atom. The summed E-state index contributed by atoms with van der Waals surface area (Å²) in [6.07, 6.45) is 6.92. The summed E-state index contributed by atoms with van der Waals surface area (Å²) in [5.74, 6) is 3.66. The Labute approximate surface area is 147 Å². The van der Waals surface area contributed by atoms with Gasteiger partial charge in [-0.1, -0.05) is 5.92 Å². The number of terminal acetylenes is 1. The lowest BCUT2D eigenvalue weighted by atomic mass is 10.2. The molecule has 1 aromatic carbocycles. The maximum atomic E-state index is 5.59. The molecule has 0 spiro atoms. The largest absolute Gasteiger partial charge is 0.490 e. The van der Waals surface area contributed by atoms with Crippen molar-refractivity contribution in [3.8, 4) is 23.8 Å². The first-order valence-electron chi connectivity index (χ1n) is 6.87. The standard InChI is InChI=1S/C16H16BrN3O2S/c1-4-6-22-15-8-13(17)12(7-14(15)21-5-2)9-18-20-16-19-11(3)10-23-16/h1,7-10H,5-6H2,2-3H3,(H,19,20). The van der Waals surface area contributed by atoms with Gasteiger partial charge in [0.05, 0.1) is 18.5 Å². The van der Waals surface area contributed by atoms with Crippen LogP contribution in [0.5, 0.6) is 11.5 Å². The zero-order valence-electron chi connectivity index (χ0n) is 12.8. The predicted octanol–water partition coefficient (Wildman–Crippen LogP) is 4.07. The molecule has 2 rings (SSSR count). The smallest absolute Gasteiger partial charge is 0.203 e. The summed E-state index contributed by atoms with van der Waals surface area (Å²) in [7, 11) is 0. The normalized spacial score (nSPS) is 10.5. The van der Waals surface area contributed by atoms with Crippen molar-refractivity contribution in [2.24, 2.45) is 5.10 Å². The highest BCUT2D eigenvalue weighted by molar-refractivity contribution is 9.10. The van der Waals surface area contributed by atoms with Gasteiger partial charge in [-0.3, -0.25) is 5.43 Å². The van der Waals surface area contributed by atoms with Gasteiger partial charge in [0.1, 0.15) is 6.61 Å². The summed E-state index contributed by atoms with van der Waals surface area (Å²) >= 11 is 5.00. The molecule has 7 heteroatoms. The first-order chi connectivity index (χ1) is 11.1. The Balaban J connectivity index is 2.17. The molecule has 0 atom stereocenters. The van der Waals surface area contributed by atoms with Gasteiger partial charge in [-0.05, 0) is 41.9 Å². The molecule has 0 unspecified atom stereocenters. The summed E-state index contributed by atoms with van der Waals surface area (Å²) < 4.78 is 11.9. The number of aryl methyl sites for hydroxylation is 1. The van der Waals surface area contributed by atoms with Gasteiger partial charge in [0.15, 0.2) is 11.5 Å². The molecular weight excluding hydrogens is 378 g/mol. The predicted molar refractivity (Wildman–Crippen MR) is 97.7 cm³/mol. The number of nitrogens with one attached hydrogen (secondary N) is 1. The van der Waals surface area contributed by atoms with E-state index >= 15 is 0 Å². The highest BCUT2D eigenvalue weighted by atomic mass is 79.9. The second-order valence-corrected chi connectivity index (χ2v) is 6.12. The first-order valence-corrected chi connectivity index (χ1v) is 8.55. The van der Waals surface area contributed by atoms with Crippen molar-refractivity contribution in [3.63, 3.8) is 0 Å². The number of halogens is 1. The number of hydrazone groups is 1. The van der Waals surface area contributed by atoms with Crippen molar-refractivity contribution in [2.45, 2.75) is 13.8 Å². The van der Waals surface area contributed by atoms with Crippen LogP contribution >= 0.6 is 27.3 Å². The van der Waals surface area contributed by atoms with E-state index in [9.17, 15) is 0 Å². The maximum absolute atomic E-state index is 5.59. The topological polar surface area (TPSA) is 55.7 Å². The lowest BCUT2D eigenvalue weighted by Crippen LogP contribution is -2.01. The van der Waals surface area contributed by atoms with E-state index in [-0.39, 0.29) is 6.61 Å². The van der Waals surface area contributed by atoms with Crippen LogP contribution in [0, 0.1) is 19.3 Å². The highest BCUT2D eigenvalue weighted by Gasteiger charge is 2.10. The molecular formula is C16H16BrN3O2S. The Bertz CT molecular complexity index is 737. The summed E-state index contributed by atoms with van der Waals surface area (Å²) in [6, 6.07) is 3.66. The van der Waals surface area contributed by atoms with Gasteiger partial charge in [-0.2, -0.15) is 5.10 Å². The Morgan fingerprint density at radius 2 is 2.22 bits per heavy atom. The average Bonchev–Trinajstić information content (AvgIpc) is 2.94. The molecule has 120 valence electrons. The van der Waals surface area contributed by atoms with Gasteiger partial charge in [-0.15, -0.1) is 17.8 Å². The van der Waals surface area contributed by atoms with E-state index < -0.39 is 0 Å². The van der Waals surface area contributed by atoms with Gasteiger partial charge in [0, 0.05) is 15.4 Å². The van der Waals surface area contributed by atoms with Crippen molar-refractivity contribution in [1.82, 2.24) is 4.98 Å². The fraction of sp³-hybridized carbons (Fsp3) is 0.250. The van der Waals surface area contributed by atoms with Crippen molar-refractivity contribution < 1.29 is 9.47 Å². The first kappa shape index (κ1) is 17.3. The number of nitrogens with zero attached hydrogens (tertiary/aromatic N) is 2. The molecule has 0 radical (unpaired) electrons. The summed E-state index contributed by atoms with van der Waals surface area (Å²) in [4.78, 5) is 4.28. The fourth-order valence-corrected chi connectivity index (χ4v) is 2.77. The lowest BCUT2D eigenvalue weighted by Gasteiger charge is -2.12. The molecule has 0 amide bonds. The van der Waals surface area contributed by atoms with Crippen LogP contribution in [0.1, 0.15) is 18.2 Å². The summed E-state index contributed by atoms with van der Waals surface area (Å²) in [6.45, 7) is 4.56. The number of benzene rings is 1. The Morgan fingerprint density at radius 3 is 2.87 bits per heavy atom. The van der Waals surface area contributed by atoms with Gasteiger partial charge >= 0.3 is 0 Å². The van der Waals surface area contributed by atoms with Crippen LogP contribution in [0.15, 0.2) is 27.1 Å². The van der Waals surface area contributed by atoms with Gasteiger partial charge < -0.3 is 9.47 Å². The quantitative estimate of drug-likeness (QED) is 0.437. The molecule has 1 heterocycles. The molecule has 1 aromatic heterocycles. The number of ether oxygens (including phenoxy) is 2. The Kier molecular flexibility index (Phi) is 6.44. The fourth-order valence-electron chi connectivity index (χ4n) is 1.71. The van der Waals surface area contributed by atoms with Crippen molar-refractivity contribution in [2.75, 3.05) is 18.6 Å². The minimum atomic E-state index is 0.185. The SMILES string of the molecule is C#CCOc1cc(Br)c(C=NNc2nc(C)cs2)cc1OCC.